The summed E-state index contributed by atoms with van der Waals surface area (Å²) in [5.41, 5.74) is 3.56. The van der Waals surface area contributed by atoms with Crippen LogP contribution in [0.25, 0.3) is 0 Å². The van der Waals surface area contributed by atoms with Crippen molar-refractivity contribution in [2.45, 2.75) is 45.3 Å². The van der Waals surface area contributed by atoms with Gasteiger partial charge in [-0.05, 0) is 19.8 Å². The first kappa shape index (κ1) is 12.6. The molecule has 1 unspecified atom stereocenters. The molecule has 0 spiro atoms. The minimum absolute atomic E-state index is 0.0208. The lowest BCUT2D eigenvalue weighted by Crippen LogP contribution is -2.54. The Morgan fingerprint density at radius 1 is 1.54 bits per heavy atom. The van der Waals surface area contributed by atoms with Crippen molar-refractivity contribution in [3.63, 3.8) is 0 Å². The van der Waals surface area contributed by atoms with Gasteiger partial charge in [-0.3, -0.25) is 11.3 Å². The van der Waals surface area contributed by atoms with E-state index in [0.29, 0.717) is 0 Å². The smallest absolute Gasteiger partial charge is 0.0876 e. The predicted octanol–water partition coefficient (Wildman–Crippen LogP) is 1.60. The number of ether oxygens (including phenoxy) is 1. The average molecular weight is 186 g/mol. The summed E-state index contributed by atoms with van der Waals surface area (Å²) in [6.07, 6.45) is 1.84. The first-order valence-electron chi connectivity index (χ1n) is 4.74. The van der Waals surface area contributed by atoms with E-state index in [-0.39, 0.29) is 11.6 Å². The van der Waals surface area contributed by atoms with E-state index in [2.05, 4.69) is 25.9 Å². The lowest BCUT2D eigenvalue weighted by molar-refractivity contribution is -0.0378. The Labute approximate surface area is 81.3 Å². The highest BCUT2D eigenvalue weighted by Gasteiger charge is 2.35. The normalized spacial score (nSPS) is 14.2. The molecule has 3 nitrogen and oxygen atoms in total. The maximum Gasteiger partial charge on any atom is 0.0876 e. The van der Waals surface area contributed by atoms with E-state index in [4.69, 9.17) is 10.6 Å². The number of hydrogen-bond acceptors (Lipinski definition) is 3. The second-order valence-electron chi connectivity index (χ2n) is 3.42. The van der Waals surface area contributed by atoms with E-state index >= 15 is 0 Å². The Morgan fingerprint density at radius 2 is 2.00 bits per heavy atom. The number of nitrogens with two attached hydrogens (primary N) is 1. The molecule has 0 fully saturated rings. The van der Waals surface area contributed by atoms with Crippen molar-refractivity contribution >= 4 is 0 Å². The molecule has 0 aromatic heterocycles. The van der Waals surface area contributed by atoms with E-state index < -0.39 is 0 Å². The molecule has 78 valence electrons. The van der Waals surface area contributed by atoms with Crippen LogP contribution in [0.2, 0.25) is 0 Å². The van der Waals surface area contributed by atoms with Crippen molar-refractivity contribution in [3.8, 4) is 0 Å². The summed E-state index contributed by atoms with van der Waals surface area (Å²) < 4.78 is 5.55. The summed E-state index contributed by atoms with van der Waals surface area (Å²) in [6, 6.07) is 0.0208. The first-order valence-corrected chi connectivity index (χ1v) is 4.74. The minimum atomic E-state index is -0.222. The molecule has 0 bridgehead atoms. The molecule has 3 N–H and O–H groups in total. The summed E-state index contributed by atoms with van der Waals surface area (Å²) in [4.78, 5) is 0. The maximum absolute atomic E-state index is 5.55. The molecule has 1 atom stereocenters. The van der Waals surface area contributed by atoms with Crippen LogP contribution in [0.5, 0.6) is 0 Å². The van der Waals surface area contributed by atoms with Gasteiger partial charge in [-0.1, -0.05) is 26.0 Å². The number of rotatable bonds is 6. The number of nitrogens with one attached hydrogen (secondary N) is 1. The third-order valence-corrected chi connectivity index (χ3v) is 2.79. The molecule has 0 amide bonds. The first-order chi connectivity index (χ1) is 6.07. The van der Waals surface area contributed by atoms with Crippen LogP contribution in [0.1, 0.15) is 33.6 Å². The van der Waals surface area contributed by atoms with Crippen molar-refractivity contribution in [1.82, 2.24) is 5.43 Å². The molecule has 3 heteroatoms. The van der Waals surface area contributed by atoms with E-state index in [1.165, 1.54) is 0 Å². The topological polar surface area (TPSA) is 47.3 Å². The van der Waals surface area contributed by atoms with Crippen molar-refractivity contribution in [2.24, 2.45) is 5.84 Å². The van der Waals surface area contributed by atoms with Gasteiger partial charge in [-0.2, -0.15) is 0 Å². The Morgan fingerprint density at radius 3 is 2.08 bits per heavy atom. The third-order valence-electron chi connectivity index (χ3n) is 2.79. The average Bonchev–Trinajstić information content (AvgIpc) is 2.13. The predicted molar refractivity (Wildman–Crippen MR) is 56.2 cm³/mol. The van der Waals surface area contributed by atoms with Gasteiger partial charge in [0, 0.05) is 7.11 Å². The van der Waals surface area contributed by atoms with Crippen molar-refractivity contribution < 1.29 is 4.74 Å². The molecule has 0 aliphatic carbocycles. The Bertz CT molecular complexity index is 156. The summed E-state index contributed by atoms with van der Waals surface area (Å²) in [5.74, 6) is 5.50. The lowest BCUT2D eigenvalue weighted by Gasteiger charge is -2.38. The molecule has 0 saturated carbocycles. The molecule has 0 aromatic carbocycles. The number of methoxy groups -OCH3 is 1. The van der Waals surface area contributed by atoms with E-state index in [1.807, 2.05) is 6.92 Å². The zero-order valence-electron chi connectivity index (χ0n) is 9.18. The molecular weight excluding hydrogens is 164 g/mol. The summed E-state index contributed by atoms with van der Waals surface area (Å²) in [7, 11) is 1.72. The van der Waals surface area contributed by atoms with Gasteiger partial charge in [-0.15, -0.1) is 0 Å². The zero-order chi connectivity index (χ0) is 10.5. The van der Waals surface area contributed by atoms with E-state index in [9.17, 15) is 0 Å². The fourth-order valence-corrected chi connectivity index (χ4v) is 1.81. The molecule has 0 aliphatic heterocycles. The van der Waals surface area contributed by atoms with Gasteiger partial charge in [0.05, 0.1) is 11.6 Å². The highest BCUT2D eigenvalue weighted by Crippen LogP contribution is 2.27. The molecule has 0 rings (SSSR count). The molecule has 0 heterocycles. The largest absolute Gasteiger partial charge is 0.376 e. The van der Waals surface area contributed by atoms with Crippen LogP contribution < -0.4 is 11.3 Å². The molecule has 0 aliphatic rings. The molecule has 0 radical (unpaired) electrons. The Balaban J connectivity index is 4.76. The highest BCUT2D eigenvalue weighted by atomic mass is 16.5. The van der Waals surface area contributed by atoms with Crippen LogP contribution in [0, 0.1) is 0 Å². The second-order valence-corrected chi connectivity index (χ2v) is 3.42. The van der Waals surface area contributed by atoms with Gasteiger partial charge in [-0.25, -0.2) is 0 Å². The van der Waals surface area contributed by atoms with Crippen LogP contribution in [0.15, 0.2) is 12.2 Å². The zero-order valence-corrected chi connectivity index (χ0v) is 9.18. The highest BCUT2D eigenvalue weighted by molar-refractivity contribution is 5.10. The van der Waals surface area contributed by atoms with Crippen molar-refractivity contribution in [1.29, 1.82) is 0 Å². The molecule has 13 heavy (non-hydrogen) atoms. The number of hydrazine groups is 1. The van der Waals surface area contributed by atoms with Crippen LogP contribution in [-0.2, 0) is 4.74 Å². The van der Waals surface area contributed by atoms with Crippen LogP contribution in [0.4, 0.5) is 0 Å². The Hall–Kier alpha value is -0.380. The summed E-state index contributed by atoms with van der Waals surface area (Å²) in [5, 5.41) is 0. The van der Waals surface area contributed by atoms with Crippen LogP contribution >= 0.6 is 0 Å². The number of hydrogen-bond donors (Lipinski definition) is 2. The second kappa shape index (κ2) is 5.37. The molecule has 0 saturated heterocycles. The van der Waals surface area contributed by atoms with Gasteiger partial charge in [0.2, 0.25) is 0 Å². The fourth-order valence-electron chi connectivity index (χ4n) is 1.81. The molecular formula is C10H22N2O. The fraction of sp³-hybridized carbons (Fsp3) is 0.800. The van der Waals surface area contributed by atoms with Gasteiger partial charge in [0.15, 0.2) is 0 Å². The molecule has 0 aromatic rings. The SMILES string of the molecule is C=C(C)C(NN)C(CC)(CC)OC. The monoisotopic (exact) mass is 186 g/mol. The summed E-state index contributed by atoms with van der Waals surface area (Å²) >= 11 is 0. The third kappa shape index (κ3) is 2.53. The van der Waals surface area contributed by atoms with Gasteiger partial charge < -0.3 is 4.74 Å². The van der Waals surface area contributed by atoms with Crippen molar-refractivity contribution in [2.75, 3.05) is 7.11 Å². The lowest BCUT2D eigenvalue weighted by atomic mass is 9.85. The quantitative estimate of drug-likeness (QED) is 0.376. The van der Waals surface area contributed by atoms with Crippen LogP contribution in [-0.4, -0.2) is 18.8 Å². The van der Waals surface area contributed by atoms with Crippen molar-refractivity contribution in [3.05, 3.63) is 12.2 Å². The minimum Gasteiger partial charge on any atom is -0.376 e. The van der Waals surface area contributed by atoms with Crippen LogP contribution in [0.3, 0.4) is 0 Å². The van der Waals surface area contributed by atoms with Gasteiger partial charge in [0.25, 0.3) is 0 Å². The standard InChI is InChI=1S/C10H22N2O/c1-6-10(7-2,13-5)9(12-11)8(3)4/h9,12H,3,6-7,11H2,1-2,4-5H3. The summed E-state index contributed by atoms with van der Waals surface area (Å²) in [6.45, 7) is 10.1. The maximum atomic E-state index is 5.55. The van der Waals surface area contributed by atoms with E-state index in [0.717, 1.165) is 18.4 Å². The van der Waals surface area contributed by atoms with Gasteiger partial charge >= 0.3 is 0 Å². The van der Waals surface area contributed by atoms with E-state index in [1.54, 1.807) is 7.11 Å². The van der Waals surface area contributed by atoms with Gasteiger partial charge in [0.1, 0.15) is 0 Å². The Kier molecular flexibility index (Phi) is 5.21.